The van der Waals surface area contributed by atoms with Gasteiger partial charge >= 0.3 is 5.69 Å². The molecule has 108 valence electrons. The largest absolute Gasteiger partial charge is 0.309 e. The molecule has 5 nitrogen and oxygen atoms in total. The summed E-state index contributed by atoms with van der Waals surface area (Å²) in [7, 11) is 0. The minimum Gasteiger partial charge on any atom is -0.301 e. The molecular formula is C16H11N3O2S. The highest BCUT2D eigenvalue weighted by atomic mass is 32.2. The van der Waals surface area contributed by atoms with Gasteiger partial charge in [-0.15, -0.1) is 11.8 Å². The standard InChI is InChI=1S/C16H11N3O2S/c1-22-16-14(10-17)18-8-7-12(11-5-3-2-4-6-11)9-13(18)15(16)19(20)21/h2-9H,1H3. The Bertz CT molecular complexity index is 911. The molecule has 0 aliphatic rings. The number of nitrogens with zero attached hydrogens (tertiary/aromatic N) is 3. The van der Waals surface area contributed by atoms with Gasteiger partial charge in [-0.2, -0.15) is 5.26 Å². The van der Waals surface area contributed by atoms with E-state index in [9.17, 15) is 15.4 Å². The highest BCUT2D eigenvalue weighted by molar-refractivity contribution is 7.98. The van der Waals surface area contributed by atoms with Crippen LogP contribution in [0.25, 0.3) is 16.6 Å². The van der Waals surface area contributed by atoms with Gasteiger partial charge < -0.3 is 4.40 Å². The number of aromatic nitrogens is 1. The summed E-state index contributed by atoms with van der Waals surface area (Å²) in [6, 6.07) is 15.3. The molecule has 0 bridgehead atoms. The number of pyridine rings is 1. The van der Waals surface area contributed by atoms with Crippen molar-refractivity contribution in [3.8, 4) is 17.2 Å². The Kier molecular flexibility index (Phi) is 3.57. The van der Waals surface area contributed by atoms with Crippen LogP contribution in [0.5, 0.6) is 0 Å². The first-order valence-corrected chi connectivity index (χ1v) is 7.71. The van der Waals surface area contributed by atoms with E-state index < -0.39 is 4.92 Å². The number of hydrogen-bond donors (Lipinski definition) is 0. The van der Waals surface area contributed by atoms with Gasteiger partial charge in [-0.1, -0.05) is 30.3 Å². The number of fused-ring (bicyclic) bond motifs is 1. The van der Waals surface area contributed by atoms with E-state index in [1.165, 1.54) is 11.8 Å². The lowest BCUT2D eigenvalue weighted by Gasteiger charge is -2.03. The molecule has 0 spiro atoms. The summed E-state index contributed by atoms with van der Waals surface area (Å²) < 4.78 is 1.58. The van der Waals surface area contributed by atoms with Crippen LogP contribution in [0.4, 0.5) is 5.69 Å². The van der Waals surface area contributed by atoms with Gasteiger partial charge in [-0.3, -0.25) is 10.1 Å². The zero-order valence-corrected chi connectivity index (χ0v) is 12.5. The van der Waals surface area contributed by atoms with E-state index in [4.69, 9.17) is 0 Å². The summed E-state index contributed by atoms with van der Waals surface area (Å²) in [5.41, 5.74) is 2.58. The second-order valence-corrected chi connectivity index (χ2v) is 5.45. The third-order valence-electron chi connectivity index (χ3n) is 3.47. The minimum absolute atomic E-state index is 0.0122. The molecule has 0 N–H and O–H groups in total. The van der Waals surface area contributed by atoms with Crippen LogP contribution >= 0.6 is 11.8 Å². The summed E-state index contributed by atoms with van der Waals surface area (Å²) in [5.74, 6) is 0. The molecule has 2 aromatic heterocycles. The molecule has 1 aromatic carbocycles. The van der Waals surface area contributed by atoms with E-state index in [1.807, 2.05) is 36.4 Å². The van der Waals surface area contributed by atoms with Crippen LogP contribution in [0.1, 0.15) is 5.69 Å². The highest BCUT2D eigenvalue weighted by Gasteiger charge is 2.26. The summed E-state index contributed by atoms with van der Waals surface area (Å²) in [6.45, 7) is 0. The Morgan fingerprint density at radius 1 is 1.23 bits per heavy atom. The van der Waals surface area contributed by atoms with Gasteiger partial charge in [0.25, 0.3) is 0 Å². The lowest BCUT2D eigenvalue weighted by molar-refractivity contribution is -0.385. The Balaban J connectivity index is 2.35. The molecule has 3 rings (SSSR count). The van der Waals surface area contributed by atoms with Crippen molar-refractivity contribution < 1.29 is 4.92 Å². The molecule has 0 saturated heterocycles. The maximum Gasteiger partial charge on any atom is 0.309 e. The van der Waals surface area contributed by atoms with Gasteiger partial charge in [0.1, 0.15) is 22.2 Å². The Labute approximate surface area is 131 Å². The molecule has 0 unspecified atom stereocenters. The zero-order chi connectivity index (χ0) is 15.7. The van der Waals surface area contributed by atoms with Crippen molar-refractivity contribution in [2.45, 2.75) is 4.90 Å². The average Bonchev–Trinajstić information content (AvgIpc) is 2.88. The second-order valence-electron chi connectivity index (χ2n) is 4.64. The summed E-state index contributed by atoms with van der Waals surface area (Å²) in [5, 5.41) is 20.8. The molecule has 22 heavy (non-hydrogen) atoms. The predicted octanol–water partition coefficient (Wildman–Crippen LogP) is 4.11. The van der Waals surface area contributed by atoms with E-state index in [-0.39, 0.29) is 5.69 Å². The van der Waals surface area contributed by atoms with Gasteiger partial charge in [0.2, 0.25) is 0 Å². The topological polar surface area (TPSA) is 71.3 Å². The van der Waals surface area contributed by atoms with Gasteiger partial charge in [0.15, 0.2) is 0 Å². The summed E-state index contributed by atoms with van der Waals surface area (Å²) in [6.07, 6.45) is 3.45. The predicted molar refractivity (Wildman–Crippen MR) is 86.0 cm³/mol. The number of rotatable bonds is 3. The Hall–Kier alpha value is -2.78. The molecule has 0 amide bonds. The molecule has 3 aromatic rings. The molecular weight excluding hydrogens is 298 g/mol. The first-order chi connectivity index (χ1) is 10.7. The quantitative estimate of drug-likeness (QED) is 0.415. The lowest BCUT2D eigenvalue weighted by atomic mass is 10.1. The van der Waals surface area contributed by atoms with E-state index in [0.717, 1.165) is 11.1 Å². The monoisotopic (exact) mass is 309 g/mol. The van der Waals surface area contributed by atoms with Crippen LogP contribution in [0.15, 0.2) is 53.6 Å². The van der Waals surface area contributed by atoms with Gasteiger partial charge in [0, 0.05) is 6.20 Å². The van der Waals surface area contributed by atoms with Crippen molar-refractivity contribution in [3.63, 3.8) is 0 Å². The number of thioether (sulfide) groups is 1. The van der Waals surface area contributed by atoms with Crippen molar-refractivity contribution in [1.82, 2.24) is 4.40 Å². The van der Waals surface area contributed by atoms with E-state index >= 15 is 0 Å². The average molecular weight is 309 g/mol. The summed E-state index contributed by atoms with van der Waals surface area (Å²) in [4.78, 5) is 11.4. The smallest absolute Gasteiger partial charge is 0.301 e. The van der Waals surface area contributed by atoms with Crippen LogP contribution in [-0.2, 0) is 0 Å². The maximum absolute atomic E-state index is 11.4. The Morgan fingerprint density at radius 2 is 1.95 bits per heavy atom. The zero-order valence-electron chi connectivity index (χ0n) is 11.7. The third-order valence-corrected chi connectivity index (χ3v) is 4.26. The van der Waals surface area contributed by atoms with Crippen LogP contribution in [0.2, 0.25) is 0 Å². The number of benzene rings is 1. The van der Waals surface area contributed by atoms with Crippen LogP contribution in [-0.4, -0.2) is 15.6 Å². The lowest BCUT2D eigenvalue weighted by Crippen LogP contribution is -1.90. The molecule has 0 aliphatic carbocycles. The molecule has 0 radical (unpaired) electrons. The fourth-order valence-corrected chi connectivity index (χ4v) is 3.21. The van der Waals surface area contributed by atoms with Crippen molar-refractivity contribution in [1.29, 1.82) is 5.26 Å². The molecule has 6 heteroatoms. The normalized spacial score (nSPS) is 10.5. The van der Waals surface area contributed by atoms with Crippen LogP contribution in [0, 0.1) is 21.4 Å². The molecule has 0 atom stereocenters. The molecule has 0 aliphatic heterocycles. The van der Waals surface area contributed by atoms with Crippen molar-refractivity contribution in [3.05, 3.63) is 64.5 Å². The first kappa shape index (κ1) is 14.2. The van der Waals surface area contributed by atoms with E-state index in [0.29, 0.717) is 16.1 Å². The van der Waals surface area contributed by atoms with Gasteiger partial charge in [0.05, 0.1) is 4.92 Å². The number of nitro groups is 1. The maximum atomic E-state index is 11.4. The van der Waals surface area contributed by atoms with Crippen molar-refractivity contribution in [2.75, 3.05) is 6.26 Å². The third kappa shape index (κ3) is 2.12. The number of hydrogen-bond acceptors (Lipinski definition) is 4. The van der Waals surface area contributed by atoms with Crippen LogP contribution < -0.4 is 0 Å². The molecule has 0 fully saturated rings. The van der Waals surface area contributed by atoms with E-state index in [1.54, 1.807) is 22.9 Å². The second kappa shape index (κ2) is 5.54. The van der Waals surface area contributed by atoms with Crippen LogP contribution in [0.3, 0.4) is 0 Å². The highest BCUT2D eigenvalue weighted by Crippen LogP contribution is 2.38. The van der Waals surface area contributed by atoms with Crippen molar-refractivity contribution >= 4 is 23.0 Å². The summed E-state index contributed by atoms with van der Waals surface area (Å²) >= 11 is 1.22. The number of nitriles is 1. The Morgan fingerprint density at radius 3 is 2.55 bits per heavy atom. The fourth-order valence-electron chi connectivity index (χ4n) is 2.50. The van der Waals surface area contributed by atoms with E-state index in [2.05, 4.69) is 6.07 Å². The van der Waals surface area contributed by atoms with Crippen molar-refractivity contribution in [2.24, 2.45) is 0 Å². The SMILES string of the molecule is CSc1c([N+](=O)[O-])c2cc(-c3ccccc3)ccn2c1C#N. The van der Waals surface area contributed by atoms with Gasteiger partial charge in [-0.05, 0) is 29.5 Å². The minimum atomic E-state index is -0.420. The first-order valence-electron chi connectivity index (χ1n) is 6.49. The molecule has 2 heterocycles. The van der Waals surface area contributed by atoms with Gasteiger partial charge in [-0.25, -0.2) is 0 Å². The molecule has 0 saturated carbocycles. The fraction of sp³-hybridized carbons (Fsp3) is 0.0625.